The molecule has 60 heavy (non-hydrogen) atoms. The second-order valence-electron chi connectivity index (χ2n) is 17.2. The number of nitrogens with zero attached hydrogens (tertiary/aromatic N) is 5. The molecule has 328 valence electrons. The third-order valence-electron chi connectivity index (χ3n) is 13.0. The number of benzene rings is 2. The largest absolute Gasteiger partial charge is 0.465 e. The van der Waals surface area contributed by atoms with Crippen LogP contribution in [0.3, 0.4) is 0 Å². The number of anilines is 2. The maximum atomic E-state index is 14.1. The summed E-state index contributed by atoms with van der Waals surface area (Å²) in [6.07, 6.45) is 6.44. The molecule has 4 aliphatic rings. The van der Waals surface area contributed by atoms with Gasteiger partial charge in [0, 0.05) is 70.9 Å². The number of amides is 5. The molecule has 3 fully saturated rings. The number of likely N-dealkylation sites (tertiary alicyclic amines) is 3. The zero-order valence-corrected chi connectivity index (χ0v) is 36.4. The van der Waals surface area contributed by atoms with Gasteiger partial charge in [0.05, 0.1) is 23.9 Å². The van der Waals surface area contributed by atoms with Crippen LogP contribution in [0.5, 0.6) is 0 Å². The fourth-order valence-corrected chi connectivity index (χ4v) is 9.36. The standard InChI is InChI=1S/C45H64ClN7O7/c1-31(34-13-21-50(22-14-34)30-41(55)59-26-8-19-51-18-7-6-11-40(51)54)12-20-49(3)43(56)39(29-33-27-32(2)42(47)37(46)28-33)60-45(58)52-23-16-36(17-24-52)53-25-15-35-9-4-5-10-38(35)48-44(53)57/h4-5,9-10,27-28,31,34,36,39H,6-8,11-26,29-30,47H2,1-3H3,(H,48,57)/t31?,39-/m1/s1. The first-order valence-electron chi connectivity index (χ1n) is 21.9. The molecule has 0 spiro atoms. The topological polar surface area (TPSA) is 158 Å². The van der Waals surface area contributed by atoms with Crippen LogP contribution < -0.4 is 11.1 Å². The number of esters is 1. The summed E-state index contributed by atoms with van der Waals surface area (Å²) in [7, 11) is 1.76. The lowest BCUT2D eigenvalue weighted by Crippen LogP contribution is -2.51. The van der Waals surface area contributed by atoms with Gasteiger partial charge in [0.15, 0.2) is 6.10 Å². The number of carbonyl (C=O) groups is 5. The lowest BCUT2D eigenvalue weighted by Gasteiger charge is -2.38. The Bertz CT molecular complexity index is 1810. The Kier molecular flexibility index (Phi) is 16.0. The van der Waals surface area contributed by atoms with Crippen LogP contribution in [0.25, 0.3) is 0 Å². The summed E-state index contributed by atoms with van der Waals surface area (Å²) >= 11 is 6.44. The van der Waals surface area contributed by atoms with Gasteiger partial charge in [0.25, 0.3) is 5.91 Å². The molecule has 14 nitrogen and oxygen atoms in total. The Morgan fingerprint density at radius 2 is 1.73 bits per heavy atom. The first kappa shape index (κ1) is 45.0. The number of nitrogen functional groups attached to an aromatic ring is 1. The predicted molar refractivity (Wildman–Crippen MR) is 232 cm³/mol. The Balaban J connectivity index is 0.962. The van der Waals surface area contributed by atoms with Crippen LogP contribution in [0.1, 0.15) is 81.4 Å². The molecule has 2 atom stereocenters. The van der Waals surface area contributed by atoms with E-state index in [2.05, 4.69) is 17.1 Å². The van der Waals surface area contributed by atoms with Gasteiger partial charge in [-0.05, 0) is 118 Å². The van der Waals surface area contributed by atoms with Gasteiger partial charge in [-0.1, -0.05) is 42.8 Å². The molecule has 5 amide bonds. The number of para-hydroxylation sites is 1. The van der Waals surface area contributed by atoms with Crippen LogP contribution >= 0.6 is 11.6 Å². The molecule has 0 aliphatic carbocycles. The molecule has 3 N–H and O–H groups in total. The van der Waals surface area contributed by atoms with Gasteiger partial charge in [0.1, 0.15) is 0 Å². The van der Waals surface area contributed by atoms with Crippen molar-refractivity contribution in [1.82, 2.24) is 24.5 Å². The third kappa shape index (κ3) is 12.0. The Morgan fingerprint density at radius 1 is 0.983 bits per heavy atom. The fraction of sp³-hybridized carbons (Fsp3) is 0.622. The highest BCUT2D eigenvalue weighted by atomic mass is 35.5. The molecule has 0 saturated carbocycles. The monoisotopic (exact) mass is 849 g/mol. The third-order valence-corrected chi connectivity index (χ3v) is 13.3. The van der Waals surface area contributed by atoms with Crippen LogP contribution in [-0.4, -0.2) is 139 Å². The number of halogens is 1. The van der Waals surface area contributed by atoms with Crippen molar-refractivity contribution in [2.75, 3.05) is 83.6 Å². The number of hydrogen-bond acceptors (Lipinski definition) is 9. The smallest absolute Gasteiger partial charge is 0.410 e. The number of nitrogens with one attached hydrogen (secondary N) is 1. The molecular formula is C45H64ClN7O7. The number of fused-ring (bicyclic) bond motifs is 1. The summed E-state index contributed by atoms with van der Waals surface area (Å²) in [5.41, 5.74) is 10.1. The SMILES string of the molecule is Cc1cc(C[C@@H](OC(=O)N2CCC(N3CCc4ccccc4NC3=O)CC2)C(=O)N(C)CCC(C)C2CCN(CC(=O)OCCCN3CCCCC3=O)CC2)cc(Cl)c1N. The van der Waals surface area contributed by atoms with E-state index < -0.39 is 12.2 Å². The van der Waals surface area contributed by atoms with Crippen LogP contribution in [0.15, 0.2) is 36.4 Å². The number of ether oxygens (including phenoxy) is 2. The van der Waals surface area contributed by atoms with E-state index in [0.717, 1.165) is 80.5 Å². The van der Waals surface area contributed by atoms with Crippen molar-refractivity contribution in [2.45, 2.75) is 96.6 Å². The minimum Gasteiger partial charge on any atom is -0.465 e. The van der Waals surface area contributed by atoms with E-state index in [1.807, 2.05) is 47.1 Å². The first-order valence-corrected chi connectivity index (χ1v) is 22.3. The van der Waals surface area contributed by atoms with Gasteiger partial charge in [-0.15, -0.1) is 0 Å². The molecule has 0 radical (unpaired) electrons. The highest BCUT2D eigenvalue weighted by molar-refractivity contribution is 6.33. The normalized spacial score (nSPS) is 19.2. The summed E-state index contributed by atoms with van der Waals surface area (Å²) in [5.74, 6) is 0.479. The molecule has 2 aromatic rings. The number of hydrogen-bond donors (Lipinski definition) is 2. The van der Waals surface area contributed by atoms with Crippen molar-refractivity contribution in [3.8, 4) is 0 Å². The molecule has 0 bridgehead atoms. The van der Waals surface area contributed by atoms with E-state index in [1.54, 1.807) is 22.9 Å². The molecule has 4 aliphatic heterocycles. The lowest BCUT2D eigenvalue weighted by molar-refractivity contribution is -0.145. The lowest BCUT2D eigenvalue weighted by atomic mass is 9.83. The molecule has 3 saturated heterocycles. The molecule has 4 heterocycles. The minimum atomic E-state index is -1.07. The van der Waals surface area contributed by atoms with E-state index in [0.29, 0.717) is 87.6 Å². The number of nitrogens with two attached hydrogens (primary N) is 1. The average molecular weight is 851 g/mol. The zero-order valence-electron chi connectivity index (χ0n) is 35.7. The molecule has 1 unspecified atom stereocenters. The maximum Gasteiger partial charge on any atom is 0.410 e. The fourth-order valence-electron chi connectivity index (χ4n) is 9.07. The highest BCUT2D eigenvalue weighted by Crippen LogP contribution is 2.29. The van der Waals surface area contributed by atoms with E-state index >= 15 is 0 Å². The second kappa shape index (κ2) is 21.3. The van der Waals surface area contributed by atoms with Crippen molar-refractivity contribution in [3.05, 3.63) is 58.1 Å². The van der Waals surface area contributed by atoms with Crippen LogP contribution in [0, 0.1) is 18.8 Å². The Hall–Kier alpha value is -4.56. The quantitative estimate of drug-likeness (QED) is 0.125. The van der Waals surface area contributed by atoms with E-state index in [4.69, 9.17) is 26.8 Å². The second-order valence-corrected chi connectivity index (χ2v) is 17.6. The first-order chi connectivity index (χ1) is 28.9. The van der Waals surface area contributed by atoms with Gasteiger partial charge in [-0.3, -0.25) is 19.3 Å². The van der Waals surface area contributed by atoms with Crippen molar-refractivity contribution >= 4 is 52.9 Å². The van der Waals surface area contributed by atoms with Gasteiger partial charge in [-0.25, -0.2) is 9.59 Å². The number of carbonyl (C=O) groups excluding carboxylic acids is 5. The Morgan fingerprint density at radius 3 is 2.47 bits per heavy atom. The molecule has 0 aromatic heterocycles. The molecule has 6 rings (SSSR count). The van der Waals surface area contributed by atoms with E-state index in [-0.39, 0.29) is 42.8 Å². The maximum absolute atomic E-state index is 14.1. The number of urea groups is 1. The summed E-state index contributed by atoms with van der Waals surface area (Å²) in [6, 6.07) is 11.3. The van der Waals surface area contributed by atoms with Crippen molar-refractivity contribution < 1.29 is 33.4 Å². The van der Waals surface area contributed by atoms with E-state index in [1.165, 1.54) is 0 Å². The summed E-state index contributed by atoms with van der Waals surface area (Å²) in [5, 5.41) is 3.43. The van der Waals surface area contributed by atoms with Gasteiger partial charge >= 0.3 is 18.1 Å². The number of likely N-dealkylation sites (N-methyl/N-ethyl adjacent to an activating group) is 1. The van der Waals surface area contributed by atoms with Crippen LogP contribution in [-0.2, 0) is 36.7 Å². The van der Waals surface area contributed by atoms with Gasteiger partial charge in [0.2, 0.25) is 5.91 Å². The van der Waals surface area contributed by atoms with Crippen LogP contribution in [0.2, 0.25) is 5.02 Å². The van der Waals surface area contributed by atoms with Crippen molar-refractivity contribution in [3.63, 3.8) is 0 Å². The average Bonchev–Trinajstić information content (AvgIpc) is 3.41. The molecule has 15 heteroatoms. The molecule has 2 aromatic carbocycles. The molecular weight excluding hydrogens is 786 g/mol. The number of rotatable bonds is 15. The van der Waals surface area contributed by atoms with Crippen LogP contribution in [0.4, 0.5) is 21.0 Å². The minimum absolute atomic E-state index is 0.0171. The Labute approximate surface area is 360 Å². The highest BCUT2D eigenvalue weighted by Gasteiger charge is 2.35. The predicted octanol–water partition coefficient (Wildman–Crippen LogP) is 5.98. The summed E-state index contributed by atoms with van der Waals surface area (Å²) < 4.78 is 11.5. The van der Waals surface area contributed by atoms with Crippen molar-refractivity contribution in [1.29, 1.82) is 0 Å². The summed E-state index contributed by atoms with van der Waals surface area (Å²) in [6.45, 7) is 9.61. The number of piperidine rings is 3. The van der Waals surface area contributed by atoms with Crippen molar-refractivity contribution in [2.24, 2.45) is 11.8 Å². The number of aryl methyl sites for hydroxylation is 1. The van der Waals surface area contributed by atoms with Gasteiger partial charge < -0.3 is 40.1 Å². The summed E-state index contributed by atoms with van der Waals surface area (Å²) in [4.78, 5) is 74.7. The zero-order chi connectivity index (χ0) is 42.8. The van der Waals surface area contributed by atoms with E-state index in [9.17, 15) is 24.0 Å². The van der Waals surface area contributed by atoms with Gasteiger partial charge in [-0.2, -0.15) is 0 Å².